The summed E-state index contributed by atoms with van der Waals surface area (Å²) in [6.07, 6.45) is 2.89. The number of nitrogens with two attached hydrogens (primary N) is 1. The van der Waals surface area contributed by atoms with Crippen LogP contribution in [0.5, 0.6) is 0 Å². The van der Waals surface area contributed by atoms with Crippen molar-refractivity contribution >= 4 is 29.0 Å². The Morgan fingerprint density at radius 2 is 1.95 bits per heavy atom. The zero-order valence-corrected chi connectivity index (χ0v) is 12.1. The smallest absolute Gasteiger partial charge is 0.258 e. The average molecular weight is 284 g/mol. The number of nitrogens with zero attached hydrogens (tertiary/aromatic N) is 1. The van der Waals surface area contributed by atoms with E-state index in [4.69, 9.17) is 5.73 Å². The van der Waals surface area contributed by atoms with Crippen LogP contribution in [0.25, 0.3) is 0 Å². The molecule has 0 fully saturated rings. The average Bonchev–Trinajstić information content (AvgIpc) is 2.92. The monoisotopic (exact) mass is 284 g/mol. The van der Waals surface area contributed by atoms with E-state index in [2.05, 4.69) is 0 Å². The van der Waals surface area contributed by atoms with E-state index in [1.807, 2.05) is 48.7 Å². The van der Waals surface area contributed by atoms with Crippen LogP contribution in [0.15, 0.2) is 47.4 Å². The Balaban J connectivity index is 1.93. The van der Waals surface area contributed by atoms with Gasteiger partial charge in [0, 0.05) is 17.0 Å². The fourth-order valence-electron chi connectivity index (χ4n) is 2.58. The normalized spacial score (nSPS) is 13.3. The maximum absolute atomic E-state index is 12.6. The van der Waals surface area contributed by atoms with Crippen molar-refractivity contribution in [2.45, 2.75) is 11.3 Å². The maximum Gasteiger partial charge on any atom is 0.258 e. The molecule has 1 amide bonds. The van der Waals surface area contributed by atoms with Crippen LogP contribution in [-0.4, -0.2) is 18.7 Å². The van der Waals surface area contributed by atoms with Crippen LogP contribution in [0.2, 0.25) is 0 Å². The third kappa shape index (κ3) is 2.16. The summed E-state index contributed by atoms with van der Waals surface area (Å²) in [5, 5.41) is 0. The summed E-state index contributed by atoms with van der Waals surface area (Å²) in [4.78, 5) is 15.6. The molecule has 0 aliphatic carbocycles. The van der Waals surface area contributed by atoms with E-state index >= 15 is 0 Å². The number of hydrogen-bond acceptors (Lipinski definition) is 3. The summed E-state index contributed by atoms with van der Waals surface area (Å²) in [6.45, 7) is 0.701. The predicted molar refractivity (Wildman–Crippen MR) is 84.5 cm³/mol. The Morgan fingerprint density at radius 1 is 1.20 bits per heavy atom. The molecule has 4 heteroatoms. The van der Waals surface area contributed by atoms with E-state index < -0.39 is 0 Å². The van der Waals surface area contributed by atoms with E-state index in [1.165, 1.54) is 0 Å². The molecule has 2 aromatic rings. The zero-order valence-electron chi connectivity index (χ0n) is 11.3. The van der Waals surface area contributed by atoms with Crippen LogP contribution in [-0.2, 0) is 6.42 Å². The molecule has 0 atom stereocenters. The standard InChI is InChI=1S/C16H16N2OS/c1-20-13-7-5-12(6-8-13)16(19)18-10-9-11-3-2-4-14(17)15(11)18/h2-8H,9-10,17H2,1H3. The molecule has 1 heterocycles. The molecule has 0 spiro atoms. The topological polar surface area (TPSA) is 46.3 Å². The van der Waals surface area contributed by atoms with Crippen molar-refractivity contribution in [1.29, 1.82) is 0 Å². The van der Waals surface area contributed by atoms with Crippen LogP contribution < -0.4 is 10.6 Å². The summed E-state index contributed by atoms with van der Waals surface area (Å²) in [5.41, 5.74) is 9.44. The van der Waals surface area contributed by atoms with Gasteiger partial charge in [-0.3, -0.25) is 4.79 Å². The van der Waals surface area contributed by atoms with E-state index in [9.17, 15) is 4.79 Å². The summed E-state index contributed by atoms with van der Waals surface area (Å²) < 4.78 is 0. The number of carbonyl (C=O) groups is 1. The van der Waals surface area contributed by atoms with Gasteiger partial charge in [-0.1, -0.05) is 12.1 Å². The molecule has 0 aromatic heterocycles. The van der Waals surface area contributed by atoms with Gasteiger partial charge >= 0.3 is 0 Å². The lowest BCUT2D eigenvalue weighted by atomic mass is 10.1. The number of thioether (sulfide) groups is 1. The quantitative estimate of drug-likeness (QED) is 0.680. The van der Waals surface area contributed by atoms with Gasteiger partial charge in [-0.05, 0) is 48.6 Å². The summed E-state index contributed by atoms with van der Waals surface area (Å²) in [5.74, 6) is 0.0225. The molecular weight excluding hydrogens is 268 g/mol. The van der Waals surface area contributed by atoms with E-state index in [1.54, 1.807) is 16.7 Å². The number of amides is 1. The minimum Gasteiger partial charge on any atom is -0.397 e. The van der Waals surface area contributed by atoms with Crippen molar-refractivity contribution in [2.75, 3.05) is 23.4 Å². The lowest BCUT2D eigenvalue weighted by molar-refractivity contribution is 0.0989. The number of fused-ring (bicyclic) bond motifs is 1. The molecule has 0 radical (unpaired) electrons. The summed E-state index contributed by atoms with van der Waals surface area (Å²) in [7, 11) is 0. The molecule has 0 unspecified atom stereocenters. The van der Waals surface area contributed by atoms with Gasteiger partial charge < -0.3 is 10.6 Å². The van der Waals surface area contributed by atoms with Crippen molar-refractivity contribution in [2.24, 2.45) is 0 Å². The highest BCUT2D eigenvalue weighted by atomic mass is 32.2. The van der Waals surface area contributed by atoms with Gasteiger partial charge in [-0.15, -0.1) is 11.8 Å². The van der Waals surface area contributed by atoms with Crippen LogP contribution in [0, 0.1) is 0 Å². The summed E-state index contributed by atoms with van der Waals surface area (Å²) >= 11 is 1.67. The van der Waals surface area contributed by atoms with Crippen LogP contribution in [0.1, 0.15) is 15.9 Å². The van der Waals surface area contributed by atoms with Gasteiger partial charge in [-0.2, -0.15) is 0 Å². The summed E-state index contributed by atoms with van der Waals surface area (Å²) in [6, 6.07) is 13.5. The number of para-hydroxylation sites is 1. The number of nitrogen functional groups attached to an aromatic ring is 1. The SMILES string of the molecule is CSc1ccc(C(=O)N2CCc3cccc(N)c32)cc1. The van der Waals surface area contributed by atoms with Crippen LogP contribution in [0.3, 0.4) is 0 Å². The maximum atomic E-state index is 12.6. The Labute approximate surface area is 122 Å². The molecule has 0 saturated carbocycles. The molecule has 0 saturated heterocycles. The second kappa shape index (κ2) is 5.21. The molecule has 2 aromatic carbocycles. The first-order chi connectivity index (χ1) is 9.70. The number of carbonyl (C=O) groups excluding carboxylic acids is 1. The molecule has 3 nitrogen and oxygen atoms in total. The first-order valence-corrected chi connectivity index (χ1v) is 7.76. The number of benzene rings is 2. The highest BCUT2D eigenvalue weighted by Crippen LogP contribution is 2.34. The van der Waals surface area contributed by atoms with E-state index in [-0.39, 0.29) is 5.91 Å². The molecule has 1 aliphatic rings. The Hall–Kier alpha value is -1.94. The van der Waals surface area contributed by atoms with E-state index in [0.717, 1.165) is 22.6 Å². The van der Waals surface area contributed by atoms with Crippen molar-refractivity contribution in [3.63, 3.8) is 0 Å². The lowest BCUT2D eigenvalue weighted by Crippen LogP contribution is -2.29. The highest BCUT2D eigenvalue weighted by Gasteiger charge is 2.27. The second-order valence-electron chi connectivity index (χ2n) is 4.79. The first-order valence-electron chi connectivity index (χ1n) is 6.54. The van der Waals surface area contributed by atoms with Crippen LogP contribution >= 0.6 is 11.8 Å². The molecule has 0 bridgehead atoms. The predicted octanol–water partition coefficient (Wildman–Crippen LogP) is 3.19. The van der Waals surface area contributed by atoms with Gasteiger partial charge in [0.2, 0.25) is 0 Å². The molecule has 20 heavy (non-hydrogen) atoms. The molecule has 1 aliphatic heterocycles. The third-order valence-electron chi connectivity index (χ3n) is 3.61. The van der Waals surface area contributed by atoms with Gasteiger partial charge in [-0.25, -0.2) is 0 Å². The van der Waals surface area contributed by atoms with Gasteiger partial charge in [0.25, 0.3) is 5.91 Å². The minimum absolute atomic E-state index is 0.0225. The van der Waals surface area contributed by atoms with Crippen molar-refractivity contribution in [3.8, 4) is 0 Å². The Morgan fingerprint density at radius 3 is 2.65 bits per heavy atom. The number of hydrogen-bond donors (Lipinski definition) is 1. The van der Waals surface area contributed by atoms with Gasteiger partial charge in [0.15, 0.2) is 0 Å². The number of anilines is 2. The Kier molecular flexibility index (Phi) is 3.40. The van der Waals surface area contributed by atoms with Gasteiger partial charge in [0.1, 0.15) is 0 Å². The fourth-order valence-corrected chi connectivity index (χ4v) is 2.99. The highest BCUT2D eigenvalue weighted by molar-refractivity contribution is 7.98. The fraction of sp³-hybridized carbons (Fsp3) is 0.188. The Bertz CT molecular complexity index is 652. The number of rotatable bonds is 2. The largest absolute Gasteiger partial charge is 0.397 e. The van der Waals surface area contributed by atoms with Crippen molar-refractivity contribution in [3.05, 3.63) is 53.6 Å². The first kappa shape index (κ1) is 13.1. The second-order valence-corrected chi connectivity index (χ2v) is 5.67. The minimum atomic E-state index is 0.0225. The molecular formula is C16H16N2OS. The molecule has 102 valence electrons. The zero-order chi connectivity index (χ0) is 14.1. The van der Waals surface area contributed by atoms with Crippen LogP contribution in [0.4, 0.5) is 11.4 Å². The molecule has 2 N–H and O–H groups in total. The van der Waals surface area contributed by atoms with E-state index in [0.29, 0.717) is 17.8 Å². The van der Waals surface area contributed by atoms with Crippen molar-refractivity contribution in [1.82, 2.24) is 0 Å². The van der Waals surface area contributed by atoms with Crippen molar-refractivity contribution < 1.29 is 4.79 Å². The lowest BCUT2D eigenvalue weighted by Gasteiger charge is -2.19. The third-order valence-corrected chi connectivity index (χ3v) is 4.35. The molecule has 3 rings (SSSR count). The van der Waals surface area contributed by atoms with Gasteiger partial charge in [0.05, 0.1) is 11.4 Å².